The van der Waals surface area contributed by atoms with Crippen molar-refractivity contribution in [1.82, 2.24) is 4.90 Å². The third kappa shape index (κ3) is 4.11. The van der Waals surface area contributed by atoms with Gasteiger partial charge in [0, 0.05) is 24.3 Å². The van der Waals surface area contributed by atoms with Crippen molar-refractivity contribution in [3.63, 3.8) is 0 Å². The SMILES string of the molecule is CCOc1cccc(NC(=O)N2CCCC2CC(=O)O)c1. The van der Waals surface area contributed by atoms with Gasteiger partial charge in [0.1, 0.15) is 5.75 Å². The summed E-state index contributed by atoms with van der Waals surface area (Å²) < 4.78 is 5.38. The number of carboxylic acids is 1. The molecule has 1 aromatic carbocycles. The molecule has 1 unspecified atom stereocenters. The number of amides is 2. The highest BCUT2D eigenvalue weighted by molar-refractivity contribution is 5.90. The van der Waals surface area contributed by atoms with Gasteiger partial charge in [-0.1, -0.05) is 6.07 Å². The average molecular weight is 292 g/mol. The Morgan fingerprint density at radius 1 is 1.48 bits per heavy atom. The second-order valence-corrected chi connectivity index (χ2v) is 4.98. The number of hydrogen-bond donors (Lipinski definition) is 2. The van der Waals surface area contributed by atoms with Crippen molar-refractivity contribution >= 4 is 17.7 Å². The molecule has 114 valence electrons. The lowest BCUT2D eigenvalue weighted by Crippen LogP contribution is -2.39. The number of nitrogens with zero attached hydrogens (tertiary/aromatic N) is 1. The molecule has 1 heterocycles. The number of hydrogen-bond acceptors (Lipinski definition) is 3. The average Bonchev–Trinajstić information content (AvgIpc) is 2.87. The number of ether oxygens (including phenoxy) is 1. The molecule has 0 radical (unpaired) electrons. The van der Waals surface area contributed by atoms with Gasteiger partial charge < -0.3 is 20.1 Å². The standard InChI is InChI=1S/C15H20N2O4/c1-2-21-13-7-3-5-11(9-13)16-15(20)17-8-4-6-12(17)10-14(18)19/h3,5,7,9,12H,2,4,6,8,10H2,1H3,(H,16,20)(H,18,19). The van der Waals surface area contributed by atoms with Crippen LogP contribution in [0.1, 0.15) is 26.2 Å². The molecule has 1 aromatic rings. The molecule has 0 aromatic heterocycles. The highest BCUT2D eigenvalue weighted by Crippen LogP contribution is 2.23. The zero-order valence-electron chi connectivity index (χ0n) is 12.0. The summed E-state index contributed by atoms with van der Waals surface area (Å²) in [6.07, 6.45) is 1.56. The molecule has 6 nitrogen and oxygen atoms in total. The largest absolute Gasteiger partial charge is 0.494 e. The van der Waals surface area contributed by atoms with Crippen LogP contribution in [0.5, 0.6) is 5.75 Å². The first kappa shape index (κ1) is 15.2. The lowest BCUT2D eigenvalue weighted by molar-refractivity contribution is -0.137. The van der Waals surface area contributed by atoms with Crippen molar-refractivity contribution in [3.05, 3.63) is 24.3 Å². The molecule has 6 heteroatoms. The molecule has 0 spiro atoms. The van der Waals surface area contributed by atoms with Gasteiger partial charge in [0.05, 0.1) is 13.0 Å². The Labute approximate surface area is 123 Å². The predicted octanol–water partition coefficient (Wildman–Crippen LogP) is 2.56. The van der Waals surface area contributed by atoms with E-state index in [-0.39, 0.29) is 18.5 Å². The van der Waals surface area contributed by atoms with E-state index in [4.69, 9.17) is 9.84 Å². The van der Waals surface area contributed by atoms with Crippen LogP contribution < -0.4 is 10.1 Å². The third-order valence-electron chi connectivity index (χ3n) is 3.44. The molecule has 2 N–H and O–H groups in total. The molecular formula is C15H20N2O4. The molecule has 2 rings (SSSR count). The van der Waals surface area contributed by atoms with E-state index in [1.165, 1.54) is 0 Å². The molecular weight excluding hydrogens is 272 g/mol. The smallest absolute Gasteiger partial charge is 0.322 e. The topological polar surface area (TPSA) is 78.9 Å². The van der Waals surface area contributed by atoms with E-state index in [9.17, 15) is 9.59 Å². The Hall–Kier alpha value is -2.24. The van der Waals surface area contributed by atoms with E-state index in [0.29, 0.717) is 24.6 Å². The maximum Gasteiger partial charge on any atom is 0.322 e. The van der Waals surface area contributed by atoms with Gasteiger partial charge in [-0.25, -0.2) is 4.79 Å². The number of rotatable bonds is 5. The highest BCUT2D eigenvalue weighted by atomic mass is 16.5. The maximum atomic E-state index is 12.3. The fourth-order valence-corrected chi connectivity index (χ4v) is 2.54. The van der Waals surface area contributed by atoms with Crippen LogP contribution in [0.25, 0.3) is 0 Å². The lowest BCUT2D eigenvalue weighted by Gasteiger charge is -2.23. The number of carboxylic acid groups (broad SMARTS) is 1. The summed E-state index contributed by atoms with van der Waals surface area (Å²) >= 11 is 0. The minimum atomic E-state index is -0.877. The van der Waals surface area contributed by atoms with Gasteiger partial charge in [-0.15, -0.1) is 0 Å². The Morgan fingerprint density at radius 3 is 3.00 bits per heavy atom. The van der Waals surface area contributed by atoms with Crippen LogP contribution in [0, 0.1) is 0 Å². The second-order valence-electron chi connectivity index (χ2n) is 4.98. The molecule has 21 heavy (non-hydrogen) atoms. The van der Waals surface area contributed by atoms with Crippen LogP contribution in [-0.4, -0.2) is 41.2 Å². The molecule has 0 bridgehead atoms. The lowest BCUT2D eigenvalue weighted by atomic mass is 10.1. The maximum absolute atomic E-state index is 12.3. The van der Waals surface area contributed by atoms with E-state index in [2.05, 4.69) is 5.32 Å². The first-order chi connectivity index (χ1) is 10.1. The fraction of sp³-hybridized carbons (Fsp3) is 0.467. The van der Waals surface area contributed by atoms with Crippen molar-refractivity contribution in [1.29, 1.82) is 0 Å². The molecule has 2 amide bonds. The van der Waals surface area contributed by atoms with Crippen LogP contribution in [0.2, 0.25) is 0 Å². The fourth-order valence-electron chi connectivity index (χ4n) is 2.54. The number of benzene rings is 1. The van der Waals surface area contributed by atoms with Crippen molar-refractivity contribution < 1.29 is 19.4 Å². The molecule has 1 saturated heterocycles. The number of nitrogens with one attached hydrogen (secondary N) is 1. The van der Waals surface area contributed by atoms with E-state index in [0.717, 1.165) is 12.8 Å². The Morgan fingerprint density at radius 2 is 2.29 bits per heavy atom. The molecule has 0 saturated carbocycles. The number of urea groups is 1. The summed E-state index contributed by atoms with van der Waals surface area (Å²) in [7, 11) is 0. The highest BCUT2D eigenvalue weighted by Gasteiger charge is 2.30. The number of carbonyl (C=O) groups excluding carboxylic acids is 1. The summed E-state index contributed by atoms with van der Waals surface area (Å²) in [6, 6.07) is 6.68. The number of likely N-dealkylation sites (tertiary alicyclic amines) is 1. The summed E-state index contributed by atoms with van der Waals surface area (Å²) in [6.45, 7) is 3.05. The molecule has 1 aliphatic heterocycles. The van der Waals surface area contributed by atoms with Crippen LogP contribution in [-0.2, 0) is 4.79 Å². The summed E-state index contributed by atoms with van der Waals surface area (Å²) in [5.74, 6) is -0.183. The number of anilines is 1. The van der Waals surface area contributed by atoms with Crippen molar-refractivity contribution in [2.24, 2.45) is 0 Å². The van der Waals surface area contributed by atoms with E-state index in [1.807, 2.05) is 13.0 Å². The third-order valence-corrected chi connectivity index (χ3v) is 3.44. The van der Waals surface area contributed by atoms with Crippen LogP contribution >= 0.6 is 0 Å². The van der Waals surface area contributed by atoms with Crippen molar-refractivity contribution in [2.75, 3.05) is 18.5 Å². The van der Waals surface area contributed by atoms with Crippen LogP contribution in [0.4, 0.5) is 10.5 Å². The second kappa shape index (κ2) is 6.97. The Bertz CT molecular complexity index is 518. The quantitative estimate of drug-likeness (QED) is 0.874. The molecule has 1 atom stereocenters. The van der Waals surface area contributed by atoms with Gasteiger partial charge in [0.25, 0.3) is 0 Å². The first-order valence-corrected chi connectivity index (χ1v) is 7.12. The number of aliphatic carboxylic acids is 1. The monoisotopic (exact) mass is 292 g/mol. The first-order valence-electron chi connectivity index (χ1n) is 7.12. The van der Waals surface area contributed by atoms with Gasteiger partial charge in [-0.2, -0.15) is 0 Å². The minimum Gasteiger partial charge on any atom is -0.494 e. The summed E-state index contributed by atoms with van der Waals surface area (Å²) in [5.41, 5.74) is 0.645. The predicted molar refractivity (Wildman–Crippen MR) is 78.6 cm³/mol. The summed E-state index contributed by atoms with van der Waals surface area (Å²) in [5, 5.41) is 11.7. The molecule has 1 fully saturated rings. The van der Waals surface area contributed by atoms with Gasteiger partial charge in [0.15, 0.2) is 0 Å². The Kier molecular flexibility index (Phi) is 5.03. The number of carbonyl (C=O) groups is 2. The zero-order chi connectivity index (χ0) is 15.2. The normalized spacial score (nSPS) is 17.6. The van der Waals surface area contributed by atoms with E-state index in [1.54, 1.807) is 23.1 Å². The van der Waals surface area contributed by atoms with Gasteiger partial charge in [-0.05, 0) is 31.9 Å². The van der Waals surface area contributed by atoms with Crippen molar-refractivity contribution in [2.45, 2.75) is 32.2 Å². The minimum absolute atomic E-state index is 0.00753. The van der Waals surface area contributed by atoms with E-state index >= 15 is 0 Å². The van der Waals surface area contributed by atoms with Crippen molar-refractivity contribution in [3.8, 4) is 5.75 Å². The van der Waals surface area contributed by atoms with E-state index < -0.39 is 5.97 Å². The van der Waals surface area contributed by atoms with Gasteiger partial charge in [-0.3, -0.25) is 4.79 Å². The zero-order valence-corrected chi connectivity index (χ0v) is 12.0. The summed E-state index contributed by atoms with van der Waals surface area (Å²) in [4.78, 5) is 24.7. The van der Waals surface area contributed by atoms with Gasteiger partial charge >= 0.3 is 12.0 Å². The van der Waals surface area contributed by atoms with Crippen LogP contribution in [0.15, 0.2) is 24.3 Å². The molecule has 0 aliphatic carbocycles. The van der Waals surface area contributed by atoms with Crippen LogP contribution in [0.3, 0.4) is 0 Å². The Balaban J connectivity index is 2.00. The molecule has 1 aliphatic rings. The van der Waals surface area contributed by atoms with Gasteiger partial charge in [0.2, 0.25) is 0 Å².